The summed E-state index contributed by atoms with van der Waals surface area (Å²) in [5.74, 6) is 0. The molecule has 0 aliphatic rings. The molecular weight excluding hydrogens is 369 g/mol. The van der Waals surface area contributed by atoms with Crippen molar-refractivity contribution in [3.63, 3.8) is 0 Å². The van der Waals surface area contributed by atoms with Crippen LogP contribution in [0.1, 0.15) is 11.1 Å². The third-order valence-electron chi connectivity index (χ3n) is 3.17. The Bertz CT molecular complexity index is 762. The standard InChI is InChI=1S/C14H16IN3O2/c1-9-4-5-11(6-12(9)15)16-7-10-8-17(2)14(20)18(3)13(10)19/h4-6,8,16H,7H2,1-3H3. The highest BCUT2D eigenvalue weighted by Crippen LogP contribution is 2.17. The van der Waals surface area contributed by atoms with Crippen molar-refractivity contribution < 1.29 is 0 Å². The van der Waals surface area contributed by atoms with Crippen molar-refractivity contribution in [2.45, 2.75) is 13.5 Å². The molecular formula is C14H16IN3O2. The maximum atomic E-state index is 12.0. The summed E-state index contributed by atoms with van der Waals surface area (Å²) in [6.07, 6.45) is 1.58. The Balaban J connectivity index is 2.25. The monoisotopic (exact) mass is 385 g/mol. The Morgan fingerprint density at radius 1 is 1.25 bits per heavy atom. The van der Waals surface area contributed by atoms with Crippen LogP contribution in [-0.4, -0.2) is 9.13 Å². The number of halogens is 1. The molecule has 0 aliphatic heterocycles. The van der Waals surface area contributed by atoms with Crippen molar-refractivity contribution in [2.75, 3.05) is 5.32 Å². The molecule has 106 valence electrons. The van der Waals surface area contributed by atoms with E-state index >= 15 is 0 Å². The normalized spacial score (nSPS) is 10.6. The first-order chi connectivity index (χ1) is 9.40. The van der Waals surface area contributed by atoms with Crippen LogP contribution in [-0.2, 0) is 20.6 Å². The van der Waals surface area contributed by atoms with Gasteiger partial charge in [-0.2, -0.15) is 0 Å². The molecule has 20 heavy (non-hydrogen) atoms. The average molecular weight is 385 g/mol. The molecule has 1 heterocycles. The van der Waals surface area contributed by atoms with Gasteiger partial charge in [0.25, 0.3) is 5.56 Å². The Morgan fingerprint density at radius 2 is 1.95 bits per heavy atom. The van der Waals surface area contributed by atoms with Crippen LogP contribution in [0, 0.1) is 10.5 Å². The molecule has 1 N–H and O–H groups in total. The van der Waals surface area contributed by atoms with Gasteiger partial charge in [0.15, 0.2) is 0 Å². The summed E-state index contributed by atoms with van der Waals surface area (Å²) >= 11 is 2.27. The summed E-state index contributed by atoms with van der Waals surface area (Å²) in [6.45, 7) is 2.44. The lowest BCUT2D eigenvalue weighted by Gasteiger charge is -2.10. The number of rotatable bonds is 3. The molecule has 0 atom stereocenters. The summed E-state index contributed by atoms with van der Waals surface area (Å²) in [5, 5.41) is 3.21. The van der Waals surface area contributed by atoms with Gasteiger partial charge in [0.05, 0.1) is 5.56 Å². The molecule has 0 unspecified atom stereocenters. The van der Waals surface area contributed by atoms with E-state index in [0.29, 0.717) is 12.1 Å². The summed E-state index contributed by atoms with van der Waals surface area (Å²) in [4.78, 5) is 23.6. The number of nitrogens with one attached hydrogen (secondary N) is 1. The number of anilines is 1. The maximum Gasteiger partial charge on any atom is 0.330 e. The lowest BCUT2D eigenvalue weighted by Crippen LogP contribution is -2.38. The van der Waals surface area contributed by atoms with Gasteiger partial charge in [0, 0.05) is 36.1 Å². The Kier molecular flexibility index (Phi) is 4.32. The van der Waals surface area contributed by atoms with Crippen LogP contribution < -0.4 is 16.6 Å². The summed E-state index contributed by atoms with van der Waals surface area (Å²) in [7, 11) is 3.13. The second-order valence-corrected chi connectivity index (χ2v) is 5.89. The highest BCUT2D eigenvalue weighted by atomic mass is 127. The van der Waals surface area contributed by atoms with E-state index in [4.69, 9.17) is 0 Å². The first-order valence-corrected chi connectivity index (χ1v) is 7.23. The molecule has 6 heteroatoms. The van der Waals surface area contributed by atoms with E-state index in [1.807, 2.05) is 25.1 Å². The van der Waals surface area contributed by atoms with E-state index in [2.05, 4.69) is 27.9 Å². The smallest absolute Gasteiger partial charge is 0.330 e. The zero-order chi connectivity index (χ0) is 14.9. The van der Waals surface area contributed by atoms with Crippen molar-refractivity contribution in [2.24, 2.45) is 14.1 Å². The molecule has 1 aromatic heterocycles. The molecule has 0 radical (unpaired) electrons. The summed E-state index contributed by atoms with van der Waals surface area (Å²) < 4.78 is 3.70. The molecule has 0 aliphatic carbocycles. The van der Waals surface area contributed by atoms with Crippen molar-refractivity contribution >= 4 is 28.3 Å². The predicted octanol–water partition coefficient (Wildman–Crippen LogP) is 1.61. The number of nitrogens with zero attached hydrogens (tertiary/aromatic N) is 2. The lowest BCUT2D eigenvalue weighted by atomic mass is 10.2. The van der Waals surface area contributed by atoms with Crippen LogP contribution in [0.5, 0.6) is 0 Å². The quantitative estimate of drug-likeness (QED) is 0.817. The minimum absolute atomic E-state index is 0.262. The first-order valence-electron chi connectivity index (χ1n) is 6.15. The van der Waals surface area contributed by atoms with Crippen LogP contribution in [0.2, 0.25) is 0 Å². The van der Waals surface area contributed by atoms with Crippen molar-refractivity contribution in [3.8, 4) is 0 Å². The van der Waals surface area contributed by atoms with E-state index in [0.717, 1.165) is 10.3 Å². The Labute approximate surface area is 130 Å². The summed E-state index contributed by atoms with van der Waals surface area (Å²) in [6, 6.07) is 6.04. The number of hydrogen-bond donors (Lipinski definition) is 1. The molecule has 0 saturated carbocycles. The van der Waals surface area contributed by atoms with Gasteiger partial charge in [-0.1, -0.05) is 6.07 Å². The molecule has 0 spiro atoms. The largest absolute Gasteiger partial charge is 0.381 e. The fraction of sp³-hybridized carbons (Fsp3) is 0.286. The molecule has 0 saturated heterocycles. The Morgan fingerprint density at radius 3 is 2.60 bits per heavy atom. The van der Waals surface area contributed by atoms with E-state index in [-0.39, 0.29) is 11.2 Å². The van der Waals surface area contributed by atoms with Gasteiger partial charge in [-0.3, -0.25) is 9.36 Å². The second kappa shape index (κ2) is 5.82. The summed E-state index contributed by atoms with van der Waals surface area (Å²) in [5.41, 5.74) is 2.15. The van der Waals surface area contributed by atoms with Gasteiger partial charge < -0.3 is 9.88 Å². The SMILES string of the molecule is Cc1ccc(NCc2cn(C)c(=O)n(C)c2=O)cc1I. The lowest BCUT2D eigenvalue weighted by molar-refractivity contribution is 0.671. The number of aromatic nitrogens is 2. The average Bonchev–Trinajstić information content (AvgIpc) is 2.42. The van der Waals surface area contributed by atoms with Gasteiger partial charge >= 0.3 is 5.69 Å². The molecule has 0 fully saturated rings. The Hall–Kier alpha value is -1.57. The highest BCUT2D eigenvalue weighted by Gasteiger charge is 2.06. The molecule has 2 rings (SSSR count). The molecule has 0 amide bonds. The van der Waals surface area contributed by atoms with Gasteiger partial charge in [-0.15, -0.1) is 0 Å². The topological polar surface area (TPSA) is 56.0 Å². The number of benzene rings is 1. The highest BCUT2D eigenvalue weighted by molar-refractivity contribution is 14.1. The van der Waals surface area contributed by atoms with E-state index in [1.54, 1.807) is 13.2 Å². The van der Waals surface area contributed by atoms with E-state index < -0.39 is 0 Å². The zero-order valence-electron chi connectivity index (χ0n) is 11.6. The zero-order valence-corrected chi connectivity index (χ0v) is 13.8. The van der Waals surface area contributed by atoms with Gasteiger partial charge in [-0.05, 0) is 47.2 Å². The predicted molar refractivity (Wildman–Crippen MR) is 88.1 cm³/mol. The van der Waals surface area contributed by atoms with Gasteiger partial charge in [0.2, 0.25) is 0 Å². The minimum Gasteiger partial charge on any atom is -0.381 e. The van der Waals surface area contributed by atoms with Crippen LogP contribution >= 0.6 is 22.6 Å². The van der Waals surface area contributed by atoms with Crippen molar-refractivity contribution in [3.05, 3.63) is 59.9 Å². The molecule has 5 nitrogen and oxygen atoms in total. The van der Waals surface area contributed by atoms with Crippen molar-refractivity contribution in [1.82, 2.24) is 9.13 Å². The van der Waals surface area contributed by atoms with Crippen LogP contribution in [0.3, 0.4) is 0 Å². The van der Waals surface area contributed by atoms with Gasteiger partial charge in [0.1, 0.15) is 0 Å². The maximum absolute atomic E-state index is 12.0. The second-order valence-electron chi connectivity index (χ2n) is 4.73. The van der Waals surface area contributed by atoms with E-state index in [1.165, 1.54) is 20.7 Å². The molecule has 0 bridgehead atoms. The van der Waals surface area contributed by atoms with Crippen LogP contribution in [0.4, 0.5) is 5.69 Å². The van der Waals surface area contributed by atoms with Crippen LogP contribution in [0.25, 0.3) is 0 Å². The number of hydrogen-bond acceptors (Lipinski definition) is 3. The fourth-order valence-electron chi connectivity index (χ4n) is 1.90. The first kappa shape index (κ1) is 14.8. The fourth-order valence-corrected chi connectivity index (χ4v) is 2.42. The molecule has 2 aromatic rings. The minimum atomic E-state index is -0.316. The third kappa shape index (κ3) is 2.95. The van der Waals surface area contributed by atoms with Gasteiger partial charge in [-0.25, -0.2) is 4.79 Å². The van der Waals surface area contributed by atoms with Crippen molar-refractivity contribution in [1.29, 1.82) is 0 Å². The third-order valence-corrected chi connectivity index (χ3v) is 4.33. The molecule has 1 aromatic carbocycles. The van der Waals surface area contributed by atoms with Crippen LogP contribution in [0.15, 0.2) is 34.0 Å². The number of aryl methyl sites for hydroxylation is 2. The van der Waals surface area contributed by atoms with E-state index in [9.17, 15) is 9.59 Å².